The fourth-order valence-corrected chi connectivity index (χ4v) is 1.99. The molecule has 2 rings (SSSR count). The van der Waals surface area contributed by atoms with Crippen LogP contribution in [0.15, 0.2) is 30.7 Å². The van der Waals surface area contributed by atoms with Gasteiger partial charge in [-0.3, -0.25) is 0 Å². The number of ether oxygens (including phenoxy) is 2. The maximum absolute atomic E-state index is 5.69. The molecule has 1 aromatic rings. The molecule has 0 amide bonds. The van der Waals surface area contributed by atoms with Crippen LogP contribution in [0.25, 0.3) is 0 Å². The SMILES string of the molecule is CC(C)Oc1ncccc1CNCC1CCC=CO1. The molecule has 1 unspecified atom stereocenters. The second-order valence-electron chi connectivity index (χ2n) is 4.97. The Labute approximate surface area is 114 Å². The van der Waals surface area contributed by atoms with E-state index in [1.807, 2.05) is 26.0 Å². The number of allylic oxidation sites excluding steroid dienone is 1. The number of pyridine rings is 1. The Morgan fingerprint density at radius 2 is 2.42 bits per heavy atom. The van der Waals surface area contributed by atoms with Crippen LogP contribution in [0.2, 0.25) is 0 Å². The van der Waals surface area contributed by atoms with Crippen molar-refractivity contribution in [2.24, 2.45) is 0 Å². The van der Waals surface area contributed by atoms with E-state index in [1.165, 1.54) is 0 Å². The molecule has 0 saturated carbocycles. The van der Waals surface area contributed by atoms with Crippen molar-refractivity contribution >= 4 is 0 Å². The van der Waals surface area contributed by atoms with E-state index in [0.29, 0.717) is 0 Å². The van der Waals surface area contributed by atoms with Crippen LogP contribution in [0.5, 0.6) is 5.88 Å². The van der Waals surface area contributed by atoms with Crippen LogP contribution in [0, 0.1) is 0 Å². The molecule has 1 atom stereocenters. The van der Waals surface area contributed by atoms with Gasteiger partial charge in [-0.15, -0.1) is 0 Å². The van der Waals surface area contributed by atoms with Crippen molar-refractivity contribution in [3.63, 3.8) is 0 Å². The molecule has 0 spiro atoms. The summed E-state index contributed by atoms with van der Waals surface area (Å²) in [6.45, 7) is 5.61. The maximum atomic E-state index is 5.69. The second-order valence-corrected chi connectivity index (χ2v) is 4.97. The number of aromatic nitrogens is 1. The summed E-state index contributed by atoms with van der Waals surface area (Å²) in [6, 6.07) is 3.98. The molecule has 1 aliphatic rings. The van der Waals surface area contributed by atoms with E-state index in [4.69, 9.17) is 9.47 Å². The normalized spacial score (nSPS) is 18.4. The van der Waals surface area contributed by atoms with Crippen LogP contribution < -0.4 is 10.1 Å². The first-order valence-corrected chi connectivity index (χ1v) is 6.87. The van der Waals surface area contributed by atoms with Gasteiger partial charge in [0.05, 0.1) is 12.4 Å². The third kappa shape index (κ3) is 4.56. The van der Waals surface area contributed by atoms with Crippen LogP contribution in [-0.2, 0) is 11.3 Å². The lowest BCUT2D eigenvalue weighted by Crippen LogP contribution is -2.29. The highest BCUT2D eigenvalue weighted by atomic mass is 16.5. The van der Waals surface area contributed by atoms with Crippen LogP contribution in [-0.4, -0.2) is 23.7 Å². The van der Waals surface area contributed by atoms with Crippen molar-refractivity contribution < 1.29 is 9.47 Å². The first-order valence-electron chi connectivity index (χ1n) is 6.87. The Morgan fingerprint density at radius 3 is 3.16 bits per heavy atom. The number of nitrogens with zero attached hydrogens (tertiary/aromatic N) is 1. The van der Waals surface area contributed by atoms with Crippen LogP contribution in [0.4, 0.5) is 0 Å². The quantitative estimate of drug-likeness (QED) is 0.856. The zero-order valence-corrected chi connectivity index (χ0v) is 11.6. The van der Waals surface area contributed by atoms with Crippen LogP contribution >= 0.6 is 0 Å². The van der Waals surface area contributed by atoms with E-state index in [9.17, 15) is 0 Å². The van der Waals surface area contributed by atoms with Crippen molar-refractivity contribution in [1.82, 2.24) is 10.3 Å². The fraction of sp³-hybridized carbons (Fsp3) is 0.533. The zero-order chi connectivity index (χ0) is 13.5. The first kappa shape index (κ1) is 13.9. The monoisotopic (exact) mass is 262 g/mol. The molecule has 1 aromatic heterocycles. The molecule has 1 aliphatic heterocycles. The van der Waals surface area contributed by atoms with Gasteiger partial charge in [-0.2, -0.15) is 0 Å². The Morgan fingerprint density at radius 1 is 1.53 bits per heavy atom. The highest BCUT2D eigenvalue weighted by molar-refractivity contribution is 5.25. The molecule has 0 saturated heterocycles. The largest absolute Gasteiger partial charge is 0.497 e. The van der Waals surface area contributed by atoms with Gasteiger partial charge in [0.25, 0.3) is 0 Å². The lowest BCUT2D eigenvalue weighted by molar-refractivity contribution is 0.122. The van der Waals surface area contributed by atoms with Gasteiger partial charge >= 0.3 is 0 Å². The van der Waals surface area contributed by atoms with Gasteiger partial charge in [0, 0.05) is 24.8 Å². The summed E-state index contributed by atoms with van der Waals surface area (Å²) in [4.78, 5) is 4.28. The second kappa shape index (κ2) is 7.14. The van der Waals surface area contributed by atoms with Crippen LogP contribution in [0.3, 0.4) is 0 Å². The van der Waals surface area contributed by atoms with Crippen molar-refractivity contribution in [2.45, 2.75) is 45.4 Å². The van der Waals surface area contributed by atoms with Gasteiger partial charge in [-0.1, -0.05) is 6.07 Å². The zero-order valence-electron chi connectivity index (χ0n) is 11.6. The van der Waals surface area contributed by atoms with E-state index in [0.717, 1.165) is 37.4 Å². The average molecular weight is 262 g/mol. The average Bonchev–Trinajstić information content (AvgIpc) is 2.41. The Kier molecular flexibility index (Phi) is 5.21. The number of hydrogen-bond donors (Lipinski definition) is 1. The highest BCUT2D eigenvalue weighted by Gasteiger charge is 2.11. The summed E-state index contributed by atoms with van der Waals surface area (Å²) in [5.41, 5.74) is 1.09. The minimum absolute atomic E-state index is 0.139. The topological polar surface area (TPSA) is 43.4 Å². The number of rotatable bonds is 6. The van der Waals surface area contributed by atoms with E-state index in [-0.39, 0.29) is 12.2 Å². The maximum Gasteiger partial charge on any atom is 0.218 e. The molecule has 0 bridgehead atoms. The lowest BCUT2D eigenvalue weighted by Gasteiger charge is -2.20. The summed E-state index contributed by atoms with van der Waals surface area (Å²) < 4.78 is 11.2. The summed E-state index contributed by atoms with van der Waals surface area (Å²) in [7, 11) is 0. The van der Waals surface area contributed by atoms with Crippen molar-refractivity contribution in [2.75, 3.05) is 6.54 Å². The number of nitrogens with one attached hydrogen (secondary N) is 1. The van der Waals surface area contributed by atoms with Gasteiger partial charge in [-0.25, -0.2) is 4.98 Å². The van der Waals surface area contributed by atoms with Gasteiger partial charge < -0.3 is 14.8 Å². The molecule has 0 fully saturated rings. The predicted octanol–water partition coefficient (Wildman–Crippen LogP) is 2.65. The predicted molar refractivity (Wildman–Crippen MR) is 75.0 cm³/mol. The van der Waals surface area contributed by atoms with Gasteiger partial charge in [0.2, 0.25) is 5.88 Å². The van der Waals surface area contributed by atoms with E-state index in [1.54, 1.807) is 12.5 Å². The lowest BCUT2D eigenvalue weighted by atomic mass is 10.1. The molecule has 0 aromatic carbocycles. The number of hydrogen-bond acceptors (Lipinski definition) is 4. The third-order valence-corrected chi connectivity index (χ3v) is 2.91. The van der Waals surface area contributed by atoms with E-state index in [2.05, 4.69) is 16.4 Å². The van der Waals surface area contributed by atoms with Gasteiger partial charge in [-0.05, 0) is 38.8 Å². The molecule has 4 heteroatoms. The minimum Gasteiger partial charge on any atom is -0.497 e. The van der Waals surface area contributed by atoms with Crippen molar-refractivity contribution in [1.29, 1.82) is 0 Å². The molecular formula is C15H22N2O2. The Bertz CT molecular complexity index is 418. The van der Waals surface area contributed by atoms with Gasteiger partial charge in [0.15, 0.2) is 0 Å². The summed E-state index contributed by atoms with van der Waals surface area (Å²) in [5, 5.41) is 3.41. The third-order valence-electron chi connectivity index (χ3n) is 2.91. The van der Waals surface area contributed by atoms with E-state index < -0.39 is 0 Å². The van der Waals surface area contributed by atoms with Crippen molar-refractivity contribution in [3.8, 4) is 5.88 Å². The highest BCUT2D eigenvalue weighted by Crippen LogP contribution is 2.16. The molecule has 0 radical (unpaired) electrons. The Balaban J connectivity index is 1.83. The molecule has 19 heavy (non-hydrogen) atoms. The van der Waals surface area contributed by atoms with Gasteiger partial charge in [0.1, 0.15) is 6.10 Å². The van der Waals surface area contributed by atoms with Crippen molar-refractivity contribution in [3.05, 3.63) is 36.2 Å². The standard InChI is InChI=1S/C15H22N2O2/c1-12(2)19-15-13(6-5-8-17-15)10-16-11-14-7-3-4-9-18-14/h4-6,8-9,12,14,16H,3,7,10-11H2,1-2H3. The fourth-order valence-electron chi connectivity index (χ4n) is 1.99. The molecule has 4 nitrogen and oxygen atoms in total. The molecule has 104 valence electrons. The Hall–Kier alpha value is -1.55. The minimum atomic E-state index is 0.139. The molecule has 1 N–H and O–H groups in total. The smallest absolute Gasteiger partial charge is 0.218 e. The first-order chi connectivity index (χ1) is 9.25. The summed E-state index contributed by atoms with van der Waals surface area (Å²) in [6.07, 6.45) is 8.21. The summed E-state index contributed by atoms with van der Waals surface area (Å²) >= 11 is 0. The van der Waals surface area contributed by atoms with Crippen LogP contribution in [0.1, 0.15) is 32.3 Å². The molecule has 2 heterocycles. The molecule has 0 aliphatic carbocycles. The van der Waals surface area contributed by atoms with E-state index >= 15 is 0 Å². The summed E-state index contributed by atoms with van der Waals surface area (Å²) in [5.74, 6) is 0.717. The molecular weight excluding hydrogens is 240 g/mol.